The lowest BCUT2D eigenvalue weighted by molar-refractivity contribution is -0.127. The largest absolute Gasteiger partial charge is 0.367 e. The topological polar surface area (TPSA) is 116 Å². The number of primary amides is 2. The van der Waals surface area contributed by atoms with Crippen LogP contribution in [0.25, 0.3) is 0 Å². The van der Waals surface area contributed by atoms with Crippen LogP contribution < -0.4 is 16.8 Å². The summed E-state index contributed by atoms with van der Waals surface area (Å²) >= 11 is 0. The van der Waals surface area contributed by atoms with Gasteiger partial charge in [0.1, 0.15) is 11.4 Å². The highest BCUT2D eigenvalue weighted by atomic mass is 16.2. The molecule has 1 unspecified atom stereocenters. The van der Waals surface area contributed by atoms with E-state index in [1.165, 1.54) is 22.0 Å². The maximum atomic E-state index is 12.5. The molecule has 4 rings (SSSR count). The number of hydrogen-bond acceptors (Lipinski definition) is 4. The Morgan fingerprint density at radius 2 is 1.88 bits per heavy atom. The summed E-state index contributed by atoms with van der Waals surface area (Å²) in [5.74, 6) is -0.782. The van der Waals surface area contributed by atoms with Gasteiger partial charge in [0.05, 0.1) is 6.20 Å². The molecule has 7 heteroatoms. The lowest BCUT2D eigenvalue weighted by atomic mass is 9.80. The second-order valence-corrected chi connectivity index (χ2v) is 6.22. The summed E-state index contributed by atoms with van der Waals surface area (Å²) in [6.07, 6.45) is 6.18. The summed E-state index contributed by atoms with van der Waals surface area (Å²) in [6, 6.07) is 8.10. The van der Waals surface area contributed by atoms with Crippen LogP contribution in [0, 0.1) is 5.92 Å². The molecule has 0 fully saturated rings. The quantitative estimate of drug-likeness (QED) is 0.763. The zero-order chi connectivity index (χ0) is 16.9. The number of nitrogens with zero attached hydrogens (tertiary/aromatic N) is 2. The Bertz CT molecular complexity index is 860. The number of carbonyl (C=O) groups is 2. The van der Waals surface area contributed by atoms with Gasteiger partial charge in [0.2, 0.25) is 5.91 Å². The molecule has 1 aliphatic heterocycles. The Morgan fingerprint density at radius 1 is 1.21 bits per heavy atom. The third kappa shape index (κ3) is 1.81. The van der Waals surface area contributed by atoms with E-state index in [-0.39, 0.29) is 11.5 Å². The number of benzene rings is 1. The van der Waals surface area contributed by atoms with Crippen molar-refractivity contribution in [3.05, 3.63) is 59.4 Å². The average Bonchev–Trinajstić information content (AvgIpc) is 3.18. The van der Waals surface area contributed by atoms with Gasteiger partial charge in [0.25, 0.3) is 5.91 Å². The highest BCUT2D eigenvalue weighted by molar-refractivity contribution is 5.98. The molecule has 24 heavy (non-hydrogen) atoms. The van der Waals surface area contributed by atoms with Crippen LogP contribution in [0.5, 0.6) is 0 Å². The lowest BCUT2D eigenvalue weighted by Gasteiger charge is -2.37. The van der Waals surface area contributed by atoms with E-state index in [9.17, 15) is 9.59 Å². The number of anilines is 1. The lowest BCUT2D eigenvalue weighted by Crippen LogP contribution is -2.53. The Morgan fingerprint density at radius 3 is 2.46 bits per heavy atom. The fraction of sp³-hybridized carbons (Fsp3) is 0.235. The first-order chi connectivity index (χ1) is 11.5. The highest BCUT2D eigenvalue weighted by Gasteiger charge is 2.49. The Kier molecular flexibility index (Phi) is 2.99. The fourth-order valence-corrected chi connectivity index (χ4v) is 3.83. The molecule has 1 aromatic heterocycles. The van der Waals surface area contributed by atoms with Gasteiger partial charge < -0.3 is 16.8 Å². The first-order valence-electron chi connectivity index (χ1n) is 7.73. The molecule has 0 radical (unpaired) electrons. The van der Waals surface area contributed by atoms with Crippen molar-refractivity contribution < 1.29 is 9.59 Å². The predicted octanol–water partition coefficient (Wildman–Crippen LogP) is 0.517. The van der Waals surface area contributed by atoms with Gasteiger partial charge in [0.15, 0.2) is 5.54 Å². The molecule has 1 aliphatic carbocycles. The van der Waals surface area contributed by atoms with Crippen molar-refractivity contribution in [2.45, 2.75) is 18.4 Å². The molecule has 122 valence electrons. The Balaban J connectivity index is 1.85. The van der Waals surface area contributed by atoms with E-state index in [1.54, 1.807) is 12.3 Å². The summed E-state index contributed by atoms with van der Waals surface area (Å²) in [6.45, 7) is 0. The van der Waals surface area contributed by atoms with Crippen LogP contribution >= 0.6 is 0 Å². The summed E-state index contributed by atoms with van der Waals surface area (Å²) in [4.78, 5) is 24.1. The van der Waals surface area contributed by atoms with Crippen molar-refractivity contribution in [2.75, 3.05) is 5.32 Å². The van der Waals surface area contributed by atoms with Gasteiger partial charge in [-0.05, 0) is 30.0 Å². The number of fused-ring (bicyclic) bond motifs is 2. The molecule has 2 heterocycles. The standard InChI is InChI=1S/C17H17N5O2/c18-14(23)13-9-21-22-15(13)20-6-5-17(22,16(19)24)12-7-10-3-1-2-4-11(10)8-12/h1-6,9,12,20H,7-8H2,(H2,18,23)(H2,19,24). The van der Waals surface area contributed by atoms with Crippen molar-refractivity contribution in [1.82, 2.24) is 9.78 Å². The molecule has 5 N–H and O–H groups in total. The number of rotatable bonds is 3. The van der Waals surface area contributed by atoms with Crippen LogP contribution in [0.15, 0.2) is 42.7 Å². The molecular formula is C17H17N5O2. The number of nitrogens with two attached hydrogens (primary N) is 2. The molecule has 1 aromatic carbocycles. The van der Waals surface area contributed by atoms with Crippen LogP contribution in [-0.2, 0) is 23.2 Å². The first kappa shape index (κ1) is 14.5. The predicted molar refractivity (Wildman–Crippen MR) is 88.0 cm³/mol. The zero-order valence-electron chi connectivity index (χ0n) is 12.9. The van der Waals surface area contributed by atoms with Crippen molar-refractivity contribution in [3.63, 3.8) is 0 Å². The first-order valence-corrected chi connectivity index (χ1v) is 7.73. The number of carbonyl (C=O) groups excluding carboxylic acids is 2. The summed E-state index contributed by atoms with van der Waals surface area (Å²) < 4.78 is 1.51. The maximum Gasteiger partial charge on any atom is 0.254 e. The van der Waals surface area contributed by atoms with Gasteiger partial charge in [0, 0.05) is 12.1 Å². The second kappa shape index (κ2) is 4.95. The van der Waals surface area contributed by atoms with E-state index in [2.05, 4.69) is 22.5 Å². The van der Waals surface area contributed by atoms with Gasteiger partial charge in [-0.2, -0.15) is 5.10 Å². The van der Waals surface area contributed by atoms with Gasteiger partial charge >= 0.3 is 0 Å². The normalized spacial score (nSPS) is 21.8. The number of nitrogens with one attached hydrogen (secondary N) is 1. The molecule has 0 saturated carbocycles. The monoisotopic (exact) mass is 323 g/mol. The number of aromatic nitrogens is 2. The Hall–Kier alpha value is -3.09. The van der Waals surface area contributed by atoms with Crippen molar-refractivity contribution >= 4 is 17.6 Å². The molecule has 1 atom stereocenters. The van der Waals surface area contributed by atoms with E-state index in [0.717, 1.165) is 0 Å². The smallest absolute Gasteiger partial charge is 0.254 e. The minimum atomic E-state index is -1.13. The van der Waals surface area contributed by atoms with Gasteiger partial charge in [-0.25, -0.2) is 4.68 Å². The van der Waals surface area contributed by atoms with Crippen LogP contribution in [-0.4, -0.2) is 21.6 Å². The van der Waals surface area contributed by atoms with Crippen LogP contribution in [0.4, 0.5) is 5.82 Å². The van der Waals surface area contributed by atoms with E-state index < -0.39 is 17.4 Å². The number of amides is 2. The maximum absolute atomic E-state index is 12.5. The van der Waals surface area contributed by atoms with Crippen molar-refractivity contribution in [1.29, 1.82) is 0 Å². The number of hydrogen-bond donors (Lipinski definition) is 3. The summed E-state index contributed by atoms with van der Waals surface area (Å²) in [5, 5.41) is 7.22. The molecule has 2 aromatic rings. The van der Waals surface area contributed by atoms with Crippen LogP contribution in [0.1, 0.15) is 21.5 Å². The molecule has 0 saturated heterocycles. The second-order valence-electron chi connectivity index (χ2n) is 6.22. The molecule has 2 aliphatic rings. The van der Waals surface area contributed by atoms with Crippen LogP contribution in [0.2, 0.25) is 0 Å². The van der Waals surface area contributed by atoms with Crippen LogP contribution in [0.3, 0.4) is 0 Å². The molecular weight excluding hydrogens is 306 g/mol. The zero-order valence-corrected chi connectivity index (χ0v) is 12.9. The highest BCUT2D eigenvalue weighted by Crippen LogP contribution is 2.42. The van der Waals surface area contributed by atoms with E-state index in [4.69, 9.17) is 11.5 Å². The average molecular weight is 323 g/mol. The fourth-order valence-electron chi connectivity index (χ4n) is 3.83. The van der Waals surface area contributed by atoms with E-state index >= 15 is 0 Å². The van der Waals surface area contributed by atoms with Crippen molar-refractivity contribution in [3.8, 4) is 0 Å². The molecule has 0 spiro atoms. The van der Waals surface area contributed by atoms with Crippen molar-refractivity contribution in [2.24, 2.45) is 17.4 Å². The molecule has 7 nitrogen and oxygen atoms in total. The third-order valence-electron chi connectivity index (χ3n) is 5.01. The van der Waals surface area contributed by atoms with Gasteiger partial charge in [-0.3, -0.25) is 9.59 Å². The third-order valence-corrected chi connectivity index (χ3v) is 5.01. The molecule has 2 amide bonds. The minimum Gasteiger partial charge on any atom is -0.367 e. The van der Waals surface area contributed by atoms with E-state index in [1.807, 2.05) is 12.1 Å². The SMILES string of the molecule is NC(=O)c1cnn2c1NC=CC2(C(N)=O)C1Cc2ccccc2C1. The van der Waals surface area contributed by atoms with Gasteiger partial charge in [-0.1, -0.05) is 24.3 Å². The molecule has 0 bridgehead atoms. The van der Waals surface area contributed by atoms with E-state index in [0.29, 0.717) is 18.7 Å². The summed E-state index contributed by atoms with van der Waals surface area (Å²) in [7, 11) is 0. The van der Waals surface area contributed by atoms with Gasteiger partial charge in [-0.15, -0.1) is 0 Å². The summed E-state index contributed by atoms with van der Waals surface area (Å²) in [5.41, 5.74) is 12.7. The minimum absolute atomic E-state index is 0.0786. The Labute approximate surface area is 138 Å².